The predicted molar refractivity (Wildman–Crippen MR) is 27.7 cm³/mol. The fourth-order valence-corrected chi connectivity index (χ4v) is 0.283. The van der Waals surface area contributed by atoms with Crippen molar-refractivity contribution in [2.45, 2.75) is 0 Å². The van der Waals surface area contributed by atoms with Gasteiger partial charge in [0.05, 0.1) is 0 Å². The minimum absolute atomic E-state index is 0. The van der Waals surface area contributed by atoms with Crippen molar-refractivity contribution in [3.05, 3.63) is 0 Å². The van der Waals surface area contributed by atoms with E-state index in [1.165, 1.54) is 0 Å². The molecule has 0 bridgehead atoms. The van der Waals surface area contributed by atoms with Crippen molar-refractivity contribution in [3.63, 3.8) is 0 Å². The van der Waals surface area contributed by atoms with Crippen LogP contribution in [0.1, 0.15) is 0 Å². The summed E-state index contributed by atoms with van der Waals surface area (Å²) in [6.07, 6.45) is 0. The fourth-order valence-electron chi connectivity index (χ4n) is 0.0945. The summed E-state index contributed by atoms with van der Waals surface area (Å²) in [6, 6.07) is 0. The molecule has 40 valence electrons. The number of halogens is 2. The van der Waals surface area contributed by atoms with Crippen LogP contribution in [0.25, 0.3) is 0 Å². The maximum Gasteiger partial charge on any atom is 0.0246 e. The zero-order chi connectivity index (χ0) is 4.83. The van der Waals surface area contributed by atoms with Crippen LogP contribution in [0.2, 0.25) is 0 Å². The molecule has 0 spiro atoms. The molecule has 0 rings (SSSR count). The Balaban J connectivity index is 0. The molecule has 0 saturated heterocycles. The van der Waals surface area contributed by atoms with Crippen LogP contribution < -0.4 is 9.67 Å². The quantitative estimate of drug-likeness (QED) is 0.388. The number of nitrogens with one attached hydrogen (secondary N) is 2. The monoisotopic (exact) mass is 192 g/mol. The van der Waals surface area contributed by atoms with Crippen molar-refractivity contribution in [3.8, 4) is 0 Å². The van der Waals surface area contributed by atoms with Gasteiger partial charge in [-0.1, -0.05) is 0 Å². The van der Waals surface area contributed by atoms with Crippen molar-refractivity contribution in [2.75, 3.05) is 13.1 Å². The molecule has 0 aliphatic carbocycles. The molecule has 7 heavy (non-hydrogen) atoms. The van der Waals surface area contributed by atoms with E-state index in [9.17, 15) is 0 Å². The summed E-state index contributed by atoms with van der Waals surface area (Å²) < 4.78 is 0. The smallest absolute Gasteiger partial charge is 0.0246 e. The molecule has 0 heterocycles. The summed E-state index contributed by atoms with van der Waals surface area (Å²) in [5.41, 5.74) is 0. The van der Waals surface area contributed by atoms with Gasteiger partial charge in [-0.2, -0.15) is 0 Å². The average Bonchev–Trinajstić information content (AvgIpc) is 1.61. The van der Waals surface area contributed by atoms with E-state index in [2.05, 4.69) is 9.67 Å². The molecule has 0 aromatic carbocycles. The van der Waals surface area contributed by atoms with Gasteiger partial charge in [-0.05, 0) is 23.6 Å². The Morgan fingerprint density at radius 1 is 1.00 bits per heavy atom. The standard InChI is InChI=1S/C2H6Cl2N2.Zn/c3-5-1-2-6-4;/h5-6H,1-2H2;. The van der Waals surface area contributed by atoms with Crippen molar-refractivity contribution in [2.24, 2.45) is 0 Å². The summed E-state index contributed by atoms with van der Waals surface area (Å²) in [7, 11) is 0. The molecule has 0 aliphatic heterocycles. The minimum atomic E-state index is 0. The summed E-state index contributed by atoms with van der Waals surface area (Å²) in [5, 5.41) is 0. The second kappa shape index (κ2) is 10.2. The molecule has 0 aliphatic rings. The van der Waals surface area contributed by atoms with Gasteiger partial charge in [0.1, 0.15) is 0 Å². The first kappa shape index (κ1) is 11.0. The van der Waals surface area contributed by atoms with Gasteiger partial charge in [-0.25, -0.2) is 9.67 Å². The summed E-state index contributed by atoms with van der Waals surface area (Å²) in [5.74, 6) is 0. The average molecular weight is 194 g/mol. The van der Waals surface area contributed by atoms with Gasteiger partial charge in [0.2, 0.25) is 0 Å². The summed E-state index contributed by atoms with van der Waals surface area (Å²) in [4.78, 5) is 4.79. The molecule has 0 atom stereocenters. The summed E-state index contributed by atoms with van der Waals surface area (Å²) in [6.45, 7) is 1.37. The van der Waals surface area contributed by atoms with Crippen LogP contribution >= 0.6 is 23.6 Å². The van der Waals surface area contributed by atoms with Gasteiger partial charge in [0.25, 0.3) is 0 Å². The van der Waals surface area contributed by atoms with Crippen LogP contribution in [0.15, 0.2) is 0 Å². The first-order valence-corrected chi connectivity index (χ1v) is 2.34. The third-order valence-electron chi connectivity index (χ3n) is 0.314. The Morgan fingerprint density at radius 2 is 1.29 bits per heavy atom. The first-order chi connectivity index (χ1) is 2.91. The topological polar surface area (TPSA) is 24.1 Å². The van der Waals surface area contributed by atoms with E-state index in [0.717, 1.165) is 0 Å². The molecule has 2 nitrogen and oxygen atoms in total. The maximum absolute atomic E-state index is 5.03. The minimum Gasteiger partial charge on any atom is -0.232 e. The van der Waals surface area contributed by atoms with E-state index in [0.29, 0.717) is 13.1 Å². The molecule has 5 heteroatoms. The number of rotatable bonds is 3. The van der Waals surface area contributed by atoms with E-state index in [4.69, 9.17) is 23.6 Å². The Labute approximate surface area is 65.9 Å². The second-order valence-electron chi connectivity index (χ2n) is 0.767. The van der Waals surface area contributed by atoms with Crippen LogP contribution in [0, 0.1) is 0 Å². The Morgan fingerprint density at radius 3 is 1.43 bits per heavy atom. The van der Waals surface area contributed by atoms with E-state index in [-0.39, 0.29) is 19.5 Å². The Kier molecular flexibility index (Phi) is 16.0. The third-order valence-corrected chi connectivity index (χ3v) is 0.692. The van der Waals surface area contributed by atoms with Crippen LogP contribution in [-0.2, 0) is 19.5 Å². The molecule has 0 aromatic rings. The molecule has 2 N–H and O–H groups in total. The number of hydrogen-bond donors (Lipinski definition) is 2. The van der Waals surface area contributed by atoms with Gasteiger partial charge in [-0.3, -0.25) is 0 Å². The van der Waals surface area contributed by atoms with E-state index in [1.54, 1.807) is 0 Å². The molecule has 0 aromatic heterocycles. The van der Waals surface area contributed by atoms with E-state index >= 15 is 0 Å². The third kappa shape index (κ3) is 11.0. The molecule has 0 amide bonds. The van der Waals surface area contributed by atoms with Gasteiger partial charge in [-0.15, -0.1) is 0 Å². The second-order valence-corrected chi connectivity index (χ2v) is 1.30. The van der Waals surface area contributed by atoms with Crippen LogP contribution in [0.4, 0.5) is 0 Å². The van der Waals surface area contributed by atoms with E-state index in [1.807, 2.05) is 0 Å². The van der Waals surface area contributed by atoms with Crippen LogP contribution in [-0.4, -0.2) is 13.1 Å². The van der Waals surface area contributed by atoms with E-state index < -0.39 is 0 Å². The van der Waals surface area contributed by atoms with Crippen molar-refractivity contribution >= 4 is 23.6 Å². The number of hydrogen-bond acceptors (Lipinski definition) is 2. The van der Waals surface area contributed by atoms with Gasteiger partial charge >= 0.3 is 0 Å². The zero-order valence-corrected chi connectivity index (χ0v) is 8.36. The first-order valence-electron chi connectivity index (χ1n) is 1.59. The Hall–Kier alpha value is 1.12. The van der Waals surface area contributed by atoms with Gasteiger partial charge in [0, 0.05) is 32.6 Å². The van der Waals surface area contributed by atoms with Gasteiger partial charge in [0.15, 0.2) is 0 Å². The van der Waals surface area contributed by atoms with Gasteiger partial charge < -0.3 is 0 Å². The van der Waals surface area contributed by atoms with Crippen LogP contribution in [0.5, 0.6) is 0 Å². The SMILES string of the molecule is ClNCCNCl.[Zn]. The normalized spacial score (nSPS) is 7.71. The van der Waals surface area contributed by atoms with Crippen molar-refractivity contribution < 1.29 is 19.5 Å². The van der Waals surface area contributed by atoms with Crippen molar-refractivity contribution in [1.29, 1.82) is 0 Å². The summed E-state index contributed by atoms with van der Waals surface area (Å²) >= 11 is 10.1. The maximum atomic E-state index is 5.03. The molecular weight excluding hydrogens is 188 g/mol. The zero-order valence-electron chi connectivity index (χ0n) is 3.88. The predicted octanol–water partition coefficient (Wildman–Crippen LogP) is 0.471. The largest absolute Gasteiger partial charge is 0.232 e. The van der Waals surface area contributed by atoms with Crippen LogP contribution in [0.3, 0.4) is 0 Å². The molecular formula is C2H6Cl2N2Zn. The fraction of sp³-hybridized carbons (Fsp3) is 1.00. The molecule has 0 saturated carbocycles. The Bertz CT molecular complexity index is 25.7. The molecule has 0 radical (unpaired) electrons. The van der Waals surface area contributed by atoms with Crippen molar-refractivity contribution in [1.82, 2.24) is 9.67 Å². The molecule has 0 fully saturated rings. The molecule has 0 unspecified atom stereocenters.